The van der Waals surface area contributed by atoms with Crippen molar-refractivity contribution in [3.8, 4) is 0 Å². The molecule has 5 nitrogen and oxygen atoms in total. The molecule has 2 rings (SSSR count). The first-order valence-corrected chi connectivity index (χ1v) is 7.53. The molecule has 2 unspecified atom stereocenters. The monoisotopic (exact) mass is 319 g/mol. The SMILES string of the molecule is O=C1CC(c2ccccc2)CC(O)=C1C=NC(CS)C(=O)O. The number of benzene rings is 1. The van der Waals surface area contributed by atoms with E-state index in [0.717, 1.165) is 11.8 Å². The number of aliphatic hydroxyl groups excluding tert-OH is 1. The highest BCUT2D eigenvalue weighted by atomic mass is 32.1. The minimum atomic E-state index is -1.11. The van der Waals surface area contributed by atoms with Crippen LogP contribution in [0.2, 0.25) is 0 Å². The van der Waals surface area contributed by atoms with Crippen molar-refractivity contribution in [2.75, 3.05) is 5.75 Å². The summed E-state index contributed by atoms with van der Waals surface area (Å²) >= 11 is 3.90. The Morgan fingerprint density at radius 3 is 2.59 bits per heavy atom. The number of hydrogen-bond acceptors (Lipinski definition) is 5. The number of carboxylic acids is 1. The van der Waals surface area contributed by atoms with Crippen molar-refractivity contribution in [2.24, 2.45) is 4.99 Å². The molecule has 2 atom stereocenters. The Balaban J connectivity index is 2.18. The standard InChI is InChI=1S/C16H17NO4S/c18-14-6-11(10-4-2-1-3-5-10)7-15(19)12(14)8-17-13(9-22)16(20)21/h1-5,8,11,13,18,22H,6-7,9H2,(H,20,21). The van der Waals surface area contributed by atoms with Gasteiger partial charge in [-0.3, -0.25) is 9.79 Å². The van der Waals surface area contributed by atoms with Gasteiger partial charge < -0.3 is 10.2 Å². The second-order valence-corrected chi connectivity index (χ2v) is 5.48. The maximum Gasteiger partial charge on any atom is 0.329 e. The summed E-state index contributed by atoms with van der Waals surface area (Å²) in [5.41, 5.74) is 1.09. The Kier molecular flexibility index (Phi) is 5.38. The topological polar surface area (TPSA) is 87.0 Å². The van der Waals surface area contributed by atoms with Gasteiger partial charge in [-0.15, -0.1) is 0 Å². The molecule has 0 heterocycles. The number of carbonyl (C=O) groups is 2. The van der Waals surface area contributed by atoms with Crippen molar-refractivity contribution in [3.05, 3.63) is 47.2 Å². The van der Waals surface area contributed by atoms with Gasteiger partial charge in [0.25, 0.3) is 0 Å². The molecule has 116 valence electrons. The van der Waals surface area contributed by atoms with E-state index in [4.69, 9.17) is 5.11 Å². The van der Waals surface area contributed by atoms with Gasteiger partial charge in [0, 0.05) is 24.8 Å². The fourth-order valence-corrected chi connectivity index (χ4v) is 2.62. The van der Waals surface area contributed by atoms with Gasteiger partial charge in [-0.05, 0) is 11.5 Å². The lowest BCUT2D eigenvalue weighted by molar-refractivity contribution is -0.137. The second kappa shape index (κ2) is 7.26. The molecule has 0 saturated carbocycles. The molecule has 1 aromatic rings. The van der Waals surface area contributed by atoms with Crippen LogP contribution in [-0.2, 0) is 9.59 Å². The fourth-order valence-electron chi connectivity index (χ4n) is 2.37. The molecular formula is C16H17NO4S. The van der Waals surface area contributed by atoms with Crippen molar-refractivity contribution >= 4 is 30.6 Å². The average Bonchev–Trinajstić information content (AvgIpc) is 2.50. The maximum absolute atomic E-state index is 12.2. The smallest absolute Gasteiger partial charge is 0.329 e. The number of thiol groups is 1. The molecule has 22 heavy (non-hydrogen) atoms. The summed E-state index contributed by atoms with van der Waals surface area (Å²) in [6.07, 6.45) is 1.78. The molecule has 0 fully saturated rings. The Labute approximate surface area is 133 Å². The molecule has 0 aromatic heterocycles. The van der Waals surface area contributed by atoms with Crippen LogP contribution in [0.4, 0.5) is 0 Å². The number of carbonyl (C=O) groups excluding carboxylic acids is 1. The normalized spacial score (nSPS) is 20.4. The molecule has 0 amide bonds. The van der Waals surface area contributed by atoms with Crippen LogP contribution < -0.4 is 0 Å². The summed E-state index contributed by atoms with van der Waals surface area (Å²) in [7, 11) is 0. The van der Waals surface area contributed by atoms with Crippen LogP contribution in [0, 0.1) is 0 Å². The quantitative estimate of drug-likeness (QED) is 0.574. The second-order valence-electron chi connectivity index (χ2n) is 5.11. The van der Waals surface area contributed by atoms with Crippen LogP contribution in [0.3, 0.4) is 0 Å². The summed E-state index contributed by atoms with van der Waals surface area (Å²) < 4.78 is 0. The lowest BCUT2D eigenvalue weighted by Gasteiger charge is -2.22. The van der Waals surface area contributed by atoms with Gasteiger partial charge in [-0.2, -0.15) is 12.6 Å². The predicted octanol–water partition coefficient (Wildman–Crippen LogP) is 2.40. The first kappa shape index (κ1) is 16.3. The van der Waals surface area contributed by atoms with Gasteiger partial charge in [-0.25, -0.2) is 4.79 Å². The lowest BCUT2D eigenvalue weighted by Crippen LogP contribution is -2.22. The number of aliphatic hydroxyl groups is 1. The molecule has 1 aliphatic carbocycles. The number of aliphatic imine (C=N–C) groups is 1. The van der Waals surface area contributed by atoms with E-state index < -0.39 is 12.0 Å². The molecule has 0 radical (unpaired) electrons. The summed E-state index contributed by atoms with van der Waals surface area (Å²) in [6, 6.07) is 8.50. The third-order valence-electron chi connectivity index (χ3n) is 3.60. The lowest BCUT2D eigenvalue weighted by atomic mass is 9.83. The fraction of sp³-hybridized carbons (Fsp3) is 0.312. The molecule has 0 aliphatic heterocycles. The number of Topliss-reactive ketones (excluding diaryl/α,β-unsaturated/α-hetero) is 1. The van der Waals surface area contributed by atoms with Gasteiger partial charge in [-0.1, -0.05) is 30.3 Å². The number of hydrogen-bond donors (Lipinski definition) is 3. The Morgan fingerprint density at radius 1 is 1.36 bits per heavy atom. The van der Waals surface area contributed by atoms with Gasteiger partial charge in [0.05, 0.1) is 5.57 Å². The molecule has 1 aliphatic rings. The molecule has 6 heteroatoms. The highest BCUT2D eigenvalue weighted by Gasteiger charge is 2.28. The average molecular weight is 319 g/mol. The van der Waals surface area contributed by atoms with E-state index in [0.29, 0.717) is 6.42 Å². The molecule has 0 spiro atoms. The zero-order valence-corrected chi connectivity index (χ0v) is 12.7. The van der Waals surface area contributed by atoms with Gasteiger partial charge in [0.15, 0.2) is 11.8 Å². The zero-order chi connectivity index (χ0) is 16.1. The minimum absolute atomic E-state index is 0.0285. The number of carboxylic acid groups (broad SMARTS) is 1. The van der Waals surface area contributed by atoms with Crippen LogP contribution in [0.25, 0.3) is 0 Å². The highest BCUT2D eigenvalue weighted by molar-refractivity contribution is 7.80. The van der Waals surface area contributed by atoms with Crippen molar-refractivity contribution in [2.45, 2.75) is 24.8 Å². The molecule has 0 bridgehead atoms. The van der Waals surface area contributed by atoms with Crippen molar-refractivity contribution < 1.29 is 19.8 Å². The van der Waals surface area contributed by atoms with E-state index >= 15 is 0 Å². The third kappa shape index (κ3) is 3.76. The summed E-state index contributed by atoms with van der Waals surface area (Å²) in [4.78, 5) is 26.9. The van der Waals surface area contributed by atoms with E-state index in [1.54, 1.807) is 0 Å². The van der Waals surface area contributed by atoms with E-state index in [2.05, 4.69) is 17.6 Å². The maximum atomic E-state index is 12.2. The highest BCUT2D eigenvalue weighted by Crippen LogP contribution is 2.32. The van der Waals surface area contributed by atoms with E-state index in [9.17, 15) is 14.7 Å². The largest absolute Gasteiger partial charge is 0.511 e. The molecule has 0 saturated heterocycles. The Bertz CT molecular complexity index is 624. The zero-order valence-electron chi connectivity index (χ0n) is 11.8. The number of allylic oxidation sites excluding steroid dienone is 2. The van der Waals surface area contributed by atoms with Crippen LogP contribution in [0.1, 0.15) is 24.3 Å². The van der Waals surface area contributed by atoms with Crippen LogP contribution in [-0.4, -0.2) is 40.0 Å². The van der Waals surface area contributed by atoms with Crippen LogP contribution in [0.5, 0.6) is 0 Å². The minimum Gasteiger partial charge on any atom is -0.511 e. The number of ketones is 1. The third-order valence-corrected chi connectivity index (χ3v) is 3.94. The van der Waals surface area contributed by atoms with Gasteiger partial charge in [0.2, 0.25) is 0 Å². The van der Waals surface area contributed by atoms with Gasteiger partial charge in [0.1, 0.15) is 5.76 Å². The summed E-state index contributed by atoms with van der Waals surface area (Å²) in [6.45, 7) is 0. The number of rotatable bonds is 5. The predicted molar refractivity (Wildman–Crippen MR) is 86.8 cm³/mol. The molecule has 2 N–H and O–H groups in total. The van der Waals surface area contributed by atoms with Crippen molar-refractivity contribution in [3.63, 3.8) is 0 Å². The van der Waals surface area contributed by atoms with Crippen molar-refractivity contribution in [1.29, 1.82) is 0 Å². The molecule has 1 aromatic carbocycles. The van der Waals surface area contributed by atoms with Crippen molar-refractivity contribution in [1.82, 2.24) is 0 Å². The van der Waals surface area contributed by atoms with Crippen LogP contribution >= 0.6 is 12.6 Å². The first-order chi connectivity index (χ1) is 10.5. The Morgan fingerprint density at radius 2 is 2.05 bits per heavy atom. The number of aliphatic carboxylic acids is 1. The van der Waals surface area contributed by atoms with Gasteiger partial charge >= 0.3 is 5.97 Å². The van der Waals surface area contributed by atoms with E-state index in [1.165, 1.54) is 0 Å². The Hall–Kier alpha value is -2.08. The molecular weight excluding hydrogens is 302 g/mol. The van der Waals surface area contributed by atoms with E-state index in [-0.39, 0.29) is 35.2 Å². The van der Waals surface area contributed by atoms with Crippen LogP contribution in [0.15, 0.2) is 46.7 Å². The number of nitrogens with zero attached hydrogens (tertiary/aromatic N) is 1. The summed E-state index contributed by atoms with van der Waals surface area (Å²) in [5, 5.41) is 19.0. The summed E-state index contributed by atoms with van der Waals surface area (Å²) in [5.74, 6) is -1.43. The van der Waals surface area contributed by atoms with E-state index in [1.807, 2.05) is 30.3 Å². The first-order valence-electron chi connectivity index (χ1n) is 6.90.